The van der Waals surface area contributed by atoms with Gasteiger partial charge in [0.2, 0.25) is 0 Å². The Hall–Kier alpha value is -1.50. The molecule has 2 bridgehead atoms. The molecule has 138 valence electrons. The van der Waals surface area contributed by atoms with Crippen LogP contribution >= 0.6 is 23.1 Å². The molecule has 6 heteroatoms. The van der Waals surface area contributed by atoms with Gasteiger partial charge in [0.25, 0.3) is 5.91 Å². The summed E-state index contributed by atoms with van der Waals surface area (Å²) in [7, 11) is 1.68. The van der Waals surface area contributed by atoms with Crippen LogP contribution in [0.25, 0.3) is 0 Å². The lowest BCUT2D eigenvalue weighted by molar-refractivity contribution is 0.0217. The van der Waals surface area contributed by atoms with Crippen LogP contribution in [0.3, 0.4) is 0 Å². The third kappa shape index (κ3) is 3.63. The van der Waals surface area contributed by atoms with Crippen molar-refractivity contribution in [3.8, 4) is 5.75 Å². The van der Waals surface area contributed by atoms with E-state index in [9.17, 15) is 4.79 Å². The number of carbonyl (C=O) groups excluding carboxylic acids is 1. The minimum absolute atomic E-state index is 0.0462. The fourth-order valence-electron chi connectivity index (χ4n) is 4.03. The second-order valence-electron chi connectivity index (χ2n) is 7.05. The topological polar surface area (TPSA) is 41.6 Å². The number of piperidine rings is 3. The number of ether oxygens (including phenoxy) is 1. The van der Waals surface area contributed by atoms with Crippen molar-refractivity contribution < 1.29 is 9.53 Å². The highest BCUT2D eigenvalue weighted by atomic mass is 32.2. The van der Waals surface area contributed by atoms with Gasteiger partial charge < -0.3 is 10.1 Å². The van der Waals surface area contributed by atoms with Crippen molar-refractivity contribution in [2.45, 2.75) is 41.0 Å². The first-order valence-corrected chi connectivity index (χ1v) is 10.8. The zero-order valence-corrected chi connectivity index (χ0v) is 16.7. The molecule has 0 aliphatic carbocycles. The van der Waals surface area contributed by atoms with Crippen molar-refractivity contribution in [3.63, 3.8) is 0 Å². The molecule has 2 atom stereocenters. The minimum atomic E-state index is 0.0462. The molecule has 4 nitrogen and oxygen atoms in total. The average molecular weight is 389 g/mol. The van der Waals surface area contributed by atoms with Crippen LogP contribution in [0.2, 0.25) is 0 Å². The number of rotatable bonds is 5. The van der Waals surface area contributed by atoms with E-state index in [1.54, 1.807) is 30.2 Å². The summed E-state index contributed by atoms with van der Waals surface area (Å²) in [6, 6.07) is 10.6. The molecule has 5 rings (SSSR count). The molecule has 1 aromatic heterocycles. The molecule has 4 heterocycles. The quantitative estimate of drug-likeness (QED) is 0.837. The highest BCUT2D eigenvalue weighted by Crippen LogP contribution is 2.35. The second-order valence-corrected chi connectivity index (χ2v) is 9.33. The first kappa shape index (κ1) is 17.9. The monoisotopic (exact) mass is 388 g/mol. The summed E-state index contributed by atoms with van der Waals surface area (Å²) >= 11 is 3.35. The predicted octanol–water partition coefficient (Wildman–Crippen LogP) is 4.12. The normalized spacial score (nSPS) is 27.3. The molecular formula is C20H24N2O2S2. The molecule has 1 amide bonds. The van der Waals surface area contributed by atoms with E-state index in [0.29, 0.717) is 12.0 Å². The van der Waals surface area contributed by atoms with Gasteiger partial charge in [0.05, 0.1) is 11.3 Å². The number of nitrogens with one attached hydrogen (secondary N) is 1. The van der Waals surface area contributed by atoms with Crippen molar-refractivity contribution in [2.24, 2.45) is 5.92 Å². The Kier molecular flexibility index (Phi) is 5.25. The molecule has 3 fully saturated rings. The van der Waals surface area contributed by atoms with Crippen LogP contribution in [-0.4, -0.2) is 43.1 Å². The number of amides is 1. The van der Waals surface area contributed by atoms with E-state index in [-0.39, 0.29) is 11.9 Å². The molecule has 0 spiro atoms. The Balaban J connectivity index is 1.39. The zero-order chi connectivity index (χ0) is 18.1. The van der Waals surface area contributed by atoms with Gasteiger partial charge in [-0.15, -0.1) is 11.3 Å². The summed E-state index contributed by atoms with van der Waals surface area (Å²) in [6.07, 6.45) is 2.41. The fraction of sp³-hybridized carbons (Fsp3) is 0.450. The van der Waals surface area contributed by atoms with Gasteiger partial charge in [-0.05, 0) is 63.0 Å². The van der Waals surface area contributed by atoms with E-state index in [2.05, 4.69) is 17.1 Å². The number of carbonyl (C=O) groups is 1. The van der Waals surface area contributed by atoms with Crippen LogP contribution in [0.1, 0.15) is 30.1 Å². The number of nitrogens with zero attached hydrogens (tertiary/aromatic N) is 1. The van der Waals surface area contributed by atoms with Crippen LogP contribution in [0, 0.1) is 5.92 Å². The fourth-order valence-corrected chi connectivity index (χ4v) is 5.92. The van der Waals surface area contributed by atoms with Crippen molar-refractivity contribution in [1.29, 1.82) is 0 Å². The number of thiophene rings is 1. The summed E-state index contributed by atoms with van der Waals surface area (Å²) in [5.74, 6) is 1.56. The van der Waals surface area contributed by atoms with Crippen LogP contribution in [-0.2, 0) is 0 Å². The van der Waals surface area contributed by atoms with E-state index in [0.717, 1.165) is 16.2 Å². The SMILES string of the molecule is COc1csc(Sc2ccc(C(=O)N[C@@H]3C4CCN(CC4)[C@H]3C)cc2)c1. The smallest absolute Gasteiger partial charge is 0.251 e. The maximum absolute atomic E-state index is 12.7. The highest BCUT2D eigenvalue weighted by molar-refractivity contribution is 8.01. The average Bonchev–Trinajstić information content (AvgIpc) is 3.13. The summed E-state index contributed by atoms with van der Waals surface area (Å²) in [5.41, 5.74) is 0.738. The number of fused-ring (bicyclic) bond motifs is 3. The molecule has 3 aliphatic rings. The molecule has 3 saturated heterocycles. The number of benzene rings is 1. The zero-order valence-electron chi connectivity index (χ0n) is 15.1. The van der Waals surface area contributed by atoms with Gasteiger partial charge in [-0.25, -0.2) is 0 Å². The Morgan fingerprint density at radius 2 is 2.00 bits per heavy atom. The molecule has 0 saturated carbocycles. The summed E-state index contributed by atoms with van der Waals surface area (Å²) < 4.78 is 6.41. The molecule has 0 radical (unpaired) electrons. The minimum Gasteiger partial charge on any atom is -0.496 e. The van der Waals surface area contributed by atoms with E-state index >= 15 is 0 Å². The van der Waals surface area contributed by atoms with Crippen LogP contribution in [0.5, 0.6) is 5.75 Å². The number of hydrogen-bond acceptors (Lipinski definition) is 5. The molecule has 2 aromatic rings. The lowest BCUT2D eigenvalue weighted by atomic mass is 9.79. The van der Waals surface area contributed by atoms with Crippen LogP contribution in [0.4, 0.5) is 0 Å². The molecule has 3 aliphatic heterocycles. The molecule has 26 heavy (non-hydrogen) atoms. The van der Waals surface area contributed by atoms with Crippen molar-refractivity contribution in [1.82, 2.24) is 10.2 Å². The van der Waals surface area contributed by atoms with E-state index in [1.807, 2.05) is 35.7 Å². The summed E-state index contributed by atoms with van der Waals surface area (Å²) in [5, 5.41) is 5.29. The van der Waals surface area contributed by atoms with Gasteiger partial charge >= 0.3 is 0 Å². The first-order valence-electron chi connectivity index (χ1n) is 9.09. The highest BCUT2D eigenvalue weighted by Gasteiger charge is 2.40. The standard InChI is InChI=1S/C20H24N2O2S2/c1-13-19(14-7-9-22(13)10-8-14)21-20(23)15-3-5-17(6-4-15)26-18-11-16(24-2)12-25-18/h3-6,11-14,19H,7-10H2,1-2H3,(H,21,23)/t13-,19-/m0/s1. The Bertz CT molecular complexity index is 764. The van der Waals surface area contributed by atoms with E-state index in [4.69, 9.17) is 4.74 Å². The van der Waals surface area contributed by atoms with Crippen LogP contribution in [0.15, 0.2) is 44.8 Å². The number of hydrogen-bond donors (Lipinski definition) is 1. The lowest BCUT2D eigenvalue weighted by Crippen LogP contribution is -2.62. The van der Waals surface area contributed by atoms with Crippen molar-refractivity contribution in [2.75, 3.05) is 20.2 Å². The maximum Gasteiger partial charge on any atom is 0.251 e. The van der Waals surface area contributed by atoms with E-state index in [1.165, 1.54) is 30.1 Å². The summed E-state index contributed by atoms with van der Waals surface area (Å²) in [6.45, 7) is 4.60. The predicted molar refractivity (Wildman–Crippen MR) is 106 cm³/mol. The van der Waals surface area contributed by atoms with Gasteiger partial charge in [-0.3, -0.25) is 9.69 Å². The van der Waals surface area contributed by atoms with E-state index < -0.39 is 0 Å². The second kappa shape index (κ2) is 7.62. The van der Waals surface area contributed by atoms with Gasteiger partial charge in [-0.1, -0.05) is 11.8 Å². The van der Waals surface area contributed by atoms with Gasteiger partial charge in [0, 0.05) is 34.0 Å². The molecule has 1 N–H and O–H groups in total. The lowest BCUT2D eigenvalue weighted by Gasteiger charge is -2.49. The molecular weight excluding hydrogens is 364 g/mol. The third-order valence-electron chi connectivity index (χ3n) is 5.60. The Morgan fingerprint density at radius 3 is 2.62 bits per heavy atom. The number of methoxy groups -OCH3 is 1. The molecule has 0 unspecified atom stereocenters. The molecule has 1 aromatic carbocycles. The van der Waals surface area contributed by atoms with Gasteiger partial charge in [0.15, 0.2) is 0 Å². The summed E-state index contributed by atoms with van der Waals surface area (Å²) in [4.78, 5) is 16.3. The van der Waals surface area contributed by atoms with Crippen molar-refractivity contribution in [3.05, 3.63) is 41.3 Å². The maximum atomic E-state index is 12.7. The van der Waals surface area contributed by atoms with Crippen molar-refractivity contribution >= 4 is 29.0 Å². The Morgan fingerprint density at radius 1 is 1.27 bits per heavy atom. The third-order valence-corrected chi connectivity index (χ3v) is 7.66. The largest absolute Gasteiger partial charge is 0.496 e. The van der Waals surface area contributed by atoms with Crippen LogP contribution < -0.4 is 10.1 Å². The first-order chi connectivity index (χ1) is 12.6. The van der Waals surface area contributed by atoms with Gasteiger partial charge in [-0.2, -0.15) is 0 Å². The Labute approximate surface area is 162 Å². The van der Waals surface area contributed by atoms with Gasteiger partial charge in [0.1, 0.15) is 5.75 Å².